The van der Waals surface area contributed by atoms with Gasteiger partial charge in [-0.1, -0.05) is 0 Å². The number of carbonyl (C=O) groups excluding carboxylic acids is 1. The average Bonchev–Trinajstić information content (AvgIpc) is 1.98. The van der Waals surface area contributed by atoms with Crippen molar-refractivity contribution in [1.29, 1.82) is 0 Å². The van der Waals surface area contributed by atoms with Crippen LogP contribution in [0.3, 0.4) is 0 Å². The van der Waals surface area contributed by atoms with Gasteiger partial charge in [-0.15, -0.1) is 0 Å². The molecule has 0 radical (unpaired) electrons. The first-order chi connectivity index (χ1) is 5.50. The third-order valence-corrected chi connectivity index (χ3v) is 1.41. The van der Waals surface area contributed by atoms with Gasteiger partial charge in [-0.25, -0.2) is 4.79 Å². The summed E-state index contributed by atoms with van der Waals surface area (Å²) in [4.78, 5) is 22.2. The number of hydrogen-bond donors (Lipinski definition) is 2. The van der Waals surface area contributed by atoms with Gasteiger partial charge < -0.3 is 15.1 Å². The molecule has 0 heterocycles. The monoisotopic (exact) mass is 175 g/mol. The molecule has 70 valence electrons. The summed E-state index contributed by atoms with van der Waals surface area (Å²) in [6, 6.07) is -0.208. The zero-order valence-electron chi connectivity index (χ0n) is 7.15. The SMILES string of the molecule is CC(C)N(CCO)C(=O)C(=O)O. The molecule has 0 fully saturated rings. The largest absolute Gasteiger partial charge is 0.474 e. The van der Waals surface area contributed by atoms with E-state index in [1.54, 1.807) is 13.8 Å². The van der Waals surface area contributed by atoms with Gasteiger partial charge in [0.25, 0.3) is 0 Å². The van der Waals surface area contributed by atoms with Crippen molar-refractivity contribution < 1.29 is 19.8 Å². The molecular weight excluding hydrogens is 162 g/mol. The van der Waals surface area contributed by atoms with Crippen LogP contribution < -0.4 is 0 Å². The van der Waals surface area contributed by atoms with E-state index in [9.17, 15) is 9.59 Å². The molecule has 0 aromatic carbocycles. The number of carboxylic acid groups (broad SMARTS) is 1. The Morgan fingerprint density at radius 2 is 1.92 bits per heavy atom. The molecule has 0 bridgehead atoms. The minimum absolute atomic E-state index is 0.0583. The van der Waals surface area contributed by atoms with Crippen LogP contribution in [0.1, 0.15) is 13.8 Å². The van der Waals surface area contributed by atoms with Crippen molar-refractivity contribution in [2.24, 2.45) is 0 Å². The van der Waals surface area contributed by atoms with Gasteiger partial charge in [-0.2, -0.15) is 0 Å². The first kappa shape index (κ1) is 10.9. The number of aliphatic hydroxyl groups excluding tert-OH is 1. The molecule has 0 saturated heterocycles. The van der Waals surface area contributed by atoms with Crippen molar-refractivity contribution in [3.05, 3.63) is 0 Å². The van der Waals surface area contributed by atoms with Crippen LogP contribution in [0.15, 0.2) is 0 Å². The molecule has 0 aromatic heterocycles. The molecule has 0 spiro atoms. The van der Waals surface area contributed by atoms with Gasteiger partial charge >= 0.3 is 11.9 Å². The number of rotatable bonds is 3. The second kappa shape index (κ2) is 4.71. The Labute approximate surface area is 70.6 Å². The van der Waals surface area contributed by atoms with Gasteiger partial charge in [-0.05, 0) is 13.8 Å². The van der Waals surface area contributed by atoms with E-state index in [4.69, 9.17) is 10.2 Å². The molecule has 2 N–H and O–H groups in total. The highest BCUT2D eigenvalue weighted by Crippen LogP contribution is 1.97. The summed E-state index contributed by atoms with van der Waals surface area (Å²) in [7, 11) is 0. The molecule has 0 aliphatic heterocycles. The third kappa shape index (κ3) is 2.87. The molecular formula is C7H13NO4. The van der Waals surface area contributed by atoms with E-state index in [-0.39, 0.29) is 19.2 Å². The molecule has 0 aromatic rings. The van der Waals surface area contributed by atoms with Crippen LogP contribution in [-0.4, -0.2) is 46.2 Å². The van der Waals surface area contributed by atoms with Crippen molar-refractivity contribution in [1.82, 2.24) is 4.90 Å². The van der Waals surface area contributed by atoms with Crippen molar-refractivity contribution in [3.63, 3.8) is 0 Å². The van der Waals surface area contributed by atoms with Crippen LogP contribution in [0.25, 0.3) is 0 Å². The lowest BCUT2D eigenvalue weighted by Crippen LogP contribution is -2.42. The quantitative estimate of drug-likeness (QED) is 0.556. The topological polar surface area (TPSA) is 77.8 Å². The second-order valence-electron chi connectivity index (χ2n) is 2.62. The van der Waals surface area contributed by atoms with Gasteiger partial charge in [0.15, 0.2) is 0 Å². The van der Waals surface area contributed by atoms with E-state index in [0.717, 1.165) is 4.90 Å². The highest BCUT2D eigenvalue weighted by atomic mass is 16.4. The van der Waals surface area contributed by atoms with Gasteiger partial charge in [-0.3, -0.25) is 4.79 Å². The summed E-state index contributed by atoms with van der Waals surface area (Å²) in [5.41, 5.74) is 0. The zero-order chi connectivity index (χ0) is 9.72. The van der Waals surface area contributed by atoms with Crippen LogP contribution >= 0.6 is 0 Å². The number of aliphatic hydroxyl groups is 1. The zero-order valence-corrected chi connectivity index (χ0v) is 7.15. The Kier molecular flexibility index (Phi) is 4.28. The standard InChI is InChI=1S/C7H13NO4/c1-5(2)8(3-4-9)6(10)7(11)12/h5,9H,3-4H2,1-2H3,(H,11,12). The van der Waals surface area contributed by atoms with Crippen LogP contribution in [0.2, 0.25) is 0 Å². The Bertz CT molecular complexity index is 178. The van der Waals surface area contributed by atoms with E-state index in [2.05, 4.69) is 0 Å². The van der Waals surface area contributed by atoms with E-state index >= 15 is 0 Å². The minimum atomic E-state index is -1.49. The van der Waals surface area contributed by atoms with Crippen LogP contribution in [-0.2, 0) is 9.59 Å². The van der Waals surface area contributed by atoms with Crippen LogP contribution in [0.4, 0.5) is 0 Å². The fourth-order valence-corrected chi connectivity index (χ4v) is 0.825. The van der Waals surface area contributed by atoms with E-state index in [1.165, 1.54) is 0 Å². The minimum Gasteiger partial charge on any atom is -0.474 e. The second-order valence-corrected chi connectivity index (χ2v) is 2.62. The molecule has 0 aliphatic carbocycles. The molecule has 0 unspecified atom stereocenters. The molecule has 5 heteroatoms. The number of carbonyl (C=O) groups is 2. The van der Waals surface area contributed by atoms with Crippen molar-refractivity contribution in [2.75, 3.05) is 13.2 Å². The van der Waals surface area contributed by atoms with Crippen molar-refractivity contribution in [3.8, 4) is 0 Å². The fourth-order valence-electron chi connectivity index (χ4n) is 0.825. The van der Waals surface area contributed by atoms with Crippen molar-refractivity contribution >= 4 is 11.9 Å². The van der Waals surface area contributed by atoms with Crippen molar-refractivity contribution in [2.45, 2.75) is 19.9 Å². The molecule has 1 amide bonds. The van der Waals surface area contributed by atoms with Crippen LogP contribution in [0, 0.1) is 0 Å². The normalized spacial score (nSPS) is 10.0. The summed E-state index contributed by atoms with van der Waals surface area (Å²) in [6.07, 6.45) is 0. The number of nitrogens with zero attached hydrogens (tertiary/aromatic N) is 1. The Balaban J connectivity index is 4.29. The fraction of sp³-hybridized carbons (Fsp3) is 0.714. The molecule has 0 aliphatic rings. The molecule has 0 atom stereocenters. The predicted molar refractivity (Wildman–Crippen MR) is 41.6 cm³/mol. The third-order valence-electron chi connectivity index (χ3n) is 1.41. The lowest BCUT2D eigenvalue weighted by atomic mass is 10.3. The van der Waals surface area contributed by atoms with Gasteiger partial charge in [0, 0.05) is 12.6 Å². The molecule has 0 saturated carbocycles. The maximum atomic E-state index is 10.9. The average molecular weight is 175 g/mol. The number of amides is 1. The Morgan fingerprint density at radius 3 is 2.17 bits per heavy atom. The van der Waals surface area contributed by atoms with Crippen LogP contribution in [0.5, 0.6) is 0 Å². The first-order valence-corrected chi connectivity index (χ1v) is 3.65. The highest BCUT2D eigenvalue weighted by Gasteiger charge is 2.22. The maximum absolute atomic E-state index is 10.9. The van der Waals surface area contributed by atoms with Gasteiger partial charge in [0.2, 0.25) is 0 Å². The first-order valence-electron chi connectivity index (χ1n) is 3.65. The van der Waals surface area contributed by atoms with E-state index in [1.807, 2.05) is 0 Å². The summed E-state index contributed by atoms with van der Waals surface area (Å²) < 4.78 is 0. The number of carboxylic acids is 1. The summed E-state index contributed by atoms with van der Waals surface area (Å²) in [6.45, 7) is 3.22. The highest BCUT2D eigenvalue weighted by molar-refractivity contribution is 6.31. The van der Waals surface area contributed by atoms with Gasteiger partial charge in [0.1, 0.15) is 0 Å². The molecule has 12 heavy (non-hydrogen) atoms. The number of aliphatic carboxylic acids is 1. The van der Waals surface area contributed by atoms with E-state index < -0.39 is 11.9 Å². The van der Waals surface area contributed by atoms with E-state index in [0.29, 0.717) is 0 Å². The Hall–Kier alpha value is -1.10. The summed E-state index contributed by atoms with van der Waals surface area (Å²) in [5, 5.41) is 16.9. The lowest BCUT2D eigenvalue weighted by Gasteiger charge is -2.23. The molecule has 0 rings (SSSR count). The summed E-state index contributed by atoms with van der Waals surface area (Å²) in [5.74, 6) is -2.46. The predicted octanol–water partition coefficient (Wildman–Crippen LogP) is -0.700. The molecule has 5 nitrogen and oxygen atoms in total. The number of hydrogen-bond acceptors (Lipinski definition) is 3. The maximum Gasteiger partial charge on any atom is 0.394 e. The Morgan fingerprint density at radius 1 is 1.42 bits per heavy atom. The van der Waals surface area contributed by atoms with Gasteiger partial charge in [0.05, 0.1) is 6.61 Å². The lowest BCUT2D eigenvalue weighted by molar-refractivity contribution is -0.157. The smallest absolute Gasteiger partial charge is 0.394 e. The summed E-state index contributed by atoms with van der Waals surface area (Å²) >= 11 is 0.